The molecule has 0 bridgehead atoms. The lowest BCUT2D eigenvalue weighted by atomic mass is 10.1. The minimum atomic E-state index is -0.756. The number of hydrogen-bond donors (Lipinski definition) is 0. The number of fused-ring (bicyclic) bond motifs is 1. The van der Waals surface area contributed by atoms with E-state index in [9.17, 15) is 13.6 Å². The number of allylic oxidation sites excluding steroid dienone is 1. The number of rotatable bonds is 8. The Morgan fingerprint density at radius 3 is 2.74 bits per heavy atom. The van der Waals surface area contributed by atoms with Crippen molar-refractivity contribution in [1.29, 1.82) is 0 Å². The highest BCUT2D eigenvalue weighted by Crippen LogP contribution is 2.29. The summed E-state index contributed by atoms with van der Waals surface area (Å²) in [7, 11) is 1.46. The van der Waals surface area contributed by atoms with Gasteiger partial charge in [-0.15, -0.1) is 5.10 Å². The van der Waals surface area contributed by atoms with Gasteiger partial charge in [-0.2, -0.15) is 0 Å². The third-order valence-corrected chi connectivity index (χ3v) is 5.90. The van der Waals surface area contributed by atoms with E-state index in [4.69, 9.17) is 21.1 Å². The average Bonchev–Trinajstić information content (AvgIpc) is 3.39. The number of halogens is 3. The molecule has 5 rings (SSSR count). The van der Waals surface area contributed by atoms with E-state index >= 15 is 0 Å². The molecule has 0 N–H and O–H groups in total. The Hall–Kier alpha value is -4.63. The molecule has 10 heteroatoms. The number of methoxy groups -OCH3 is 1. The largest absolute Gasteiger partial charge is 0.493 e. The number of pyridine rings is 1. The highest BCUT2D eigenvalue weighted by Gasteiger charge is 2.13. The van der Waals surface area contributed by atoms with Crippen molar-refractivity contribution >= 4 is 34.4 Å². The van der Waals surface area contributed by atoms with E-state index in [2.05, 4.69) is 15.3 Å². The number of benzene rings is 3. The molecule has 0 unspecified atom stereocenters. The summed E-state index contributed by atoms with van der Waals surface area (Å²) in [6, 6.07) is 15.1. The standard InChI is InChI=1S/C28H19ClF2N4O3/c1-37-28-12-18(26(36)8-3-17-2-6-20(30)14-23(17)31)4-9-27(28)38-16-21-15-35(34-33-21)25-10-11-32-24-13-19(29)5-7-22(24)25/h2-15H,16H2,1H3/b8-3+. The van der Waals surface area contributed by atoms with Crippen molar-refractivity contribution in [3.63, 3.8) is 0 Å². The Morgan fingerprint density at radius 1 is 1.05 bits per heavy atom. The van der Waals surface area contributed by atoms with E-state index in [1.165, 1.54) is 31.4 Å². The second kappa shape index (κ2) is 10.8. The summed E-state index contributed by atoms with van der Waals surface area (Å²) in [4.78, 5) is 16.9. The minimum Gasteiger partial charge on any atom is -0.493 e. The molecule has 0 atom stereocenters. The molecule has 3 aromatic carbocycles. The van der Waals surface area contributed by atoms with Crippen LogP contribution in [0.5, 0.6) is 11.5 Å². The second-order valence-electron chi connectivity index (χ2n) is 8.16. The van der Waals surface area contributed by atoms with Crippen LogP contribution < -0.4 is 9.47 Å². The van der Waals surface area contributed by atoms with Crippen molar-refractivity contribution in [3.05, 3.63) is 113 Å². The maximum Gasteiger partial charge on any atom is 0.185 e. The van der Waals surface area contributed by atoms with Gasteiger partial charge in [0.1, 0.15) is 23.9 Å². The van der Waals surface area contributed by atoms with Gasteiger partial charge in [0, 0.05) is 33.8 Å². The third-order valence-electron chi connectivity index (χ3n) is 5.67. The van der Waals surface area contributed by atoms with Crippen LogP contribution in [0.15, 0.2) is 79.1 Å². The predicted molar refractivity (Wildman–Crippen MR) is 139 cm³/mol. The molecule has 0 aliphatic rings. The van der Waals surface area contributed by atoms with Crippen LogP contribution in [0.2, 0.25) is 5.02 Å². The lowest BCUT2D eigenvalue weighted by Gasteiger charge is -2.10. The van der Waals surface area contributed by atoms with Crippen molar-refractivity contribution in [2.45, 2.75) is 6.61 Å². The molecular formula is C28H19ClF2N4O3. The highest BCUT2D eigenvalue weighted by atomic mass is 35.5. The first kappa shape index (κ1) is 25.0. The number of ether oxygens (including phenoxy) is 2. The first-order valence-electron chi connectivity index (χ1n) is 11.4. The Kier molecular flexibility index (Phi) is 7.10. The zero-order valence-electron chi connectivity index (χ0n) is 19.9. The zero-order chi connectivity index (χ0) is 26.6. The average molecular weight is 533 g/mol. The van der Waals surface area contributed by atoms with E-state index < -0.39 is 11.6 Å². The summed E-state index contributed by atoms with van der Waals surface area (Å²) in [6.45, 7) is 0.0994. The molecule has 2 heterocycles. The molecule has 0 amide bonds. The van der Waals surface area contributed by atoms with Crippen LogP contribution in [0.4, 0.5) is 8.78 Å². The molecule has 5 aromatic rings. The lowest BCUT2D eigenvalue weighted by molar-refractivity contribution is 0.104. The molecular weight excluding hydrogens is 514 g/mol. The minimum absolute atomic E-state index is 0.0994. The fourth-order valence-electron chi connectivity index (χ4n) is 3.78. The highest BCUT2D eigenvalue weighted by molar-refractivity contribution is 6.31. The number of carbonyl (C=O) groups excluding carboxylic acids is 1. The van der Waals surface area contributed by atoms with Gasteiger partial charge in [0.15, 0.2) is 17.3 Å². The lowest BCUT2D eigenvalue weighted by Crippen LogP contribution is -2.01. The fraction of sp³-hybridized carbons (Fsp3) is 0.0714. The maximum atomic E-state index is 13.8. The molecule has 0 aliphatic carbocycles. The van der Waals surface area contributed by atoms with Crippen molar-refractivity contribution in [2.75, 3.05) is 7.11 Å². The van der Waals surface area contributed by atoms with Crippen molar-refractivity contribution in [2.24, 2.45) is 0 Å². The Bertz CT molecular complexity index is 1690. The molecule has 0 radical (unpaired) electrons. The smallest absolute Gasteiger partial charge is 0.185 e. The topological polar surface area (TPSA) is 79.1 Å². The molecule has 0 spiro atoms. The molecule has 7 nitrogen and oxygen atoms in total. The Labute approximate surface area is 220 Å². The maximum absolute atomic E-state index is 13.8. The normalized spacial score (nSPS) is 11.3. The third kappa shape index (κ3) is 5.37. The van der Waals surface area contributed by atoms with Crippen LogP contribution in [0.1, 0.15) is 21.6 Å². The quantitative estimate of drug-likeness (QED) is 0.174. The van der Waals surface area contributed by atoms with E-state index in [0.717, 1.165) is 28.7 Å². The summed E-state index contributed by atoms with van der Waals surface area (Å²) in [5.74, 6) is -1.09. The summed E-state index contributed by atoms with van der Waals surface area (Å²) in [5, 5.41) is 9.84. The number of hydrogen-bond acceptors (Lipinski definition) is 6. The molecule has 0 fully saturated rings. The SMILES string of the molecule is COc1cc(C(=O)/C=C/c2ccc(F)cc2F)ccc1OCc1cn(-c2ccnc3cc(Cl)ccc23)nn1. The van der Waals surface area contributed by atoms with Crippen LogP contribution in [-0.4, -0.2) is 32.9 Å². The van der Waals surface area contributed by atoms with Gasteiger partial charge in [-0.3, -0.25) is 9.78 Å². The van der Waals surface area contributed by atoms with E-state index in [1.807, 2.05) is 12.1 Å². The van der Waals surface area contributed by atoms with Gasteiger partial charge in [-0.1, -0.05) is 16.8 Å². The van der Waals surface area contributed by atoms with Crippen LogP contribution in [0, 0.1) is 11.6 Å². The summed E-state index contributed by atoms with van der Waals surface area (Å²) < 4.78 is 39.8. The Morgan fingerprint density at radius 2 is 1.92 bits per heavy atom. The van der Waals surface area contributed by atoms with Crippen LogP contribution in [-0.2, 0) is 6.61 Å². The molecule has 0 saturated heterocycles. The van der Waals surface area contributed by atoms with Gasteiger partial charge in [0.2, 0.25) is 0 Å². The van der Waals surface area contributed by atoms with Crippen LogP contribution in [0.25, 0.3) is 22.7 Å². The van der Waals surface area contributed by atoms with E-state index in [-0.39, 0.29) is 18.0 Å². The molecule has 0 saturated carbocycles. The van der Waals surface area contributed by atoms with Crippen molar-refractivity contribution < 1.29 is 23.0 Å². The molecule has 2 aromatic heterocycles. The molecule has 190 valence electrons. The van der Waals surface area contributed by atoms with E-state index in [1.54, 1.807) is 41.3 Å². The van der Waals surface area contributed by atoms with Crippen LogP contribution in [0.3, 0.4) is 0 Å². The van der Waals surface area contributed by atoms with E-state index in [0.29, 0.717) is 27.8 Å². The molecule has 0 aliphatic heterocycles. The predicted octanol–water partition coefficient (Wildman–Crippen LogP) is 6.23. The summed E-state index contributed by atoms with van der Waals surface area (Å²) in [5.41, 5.74) is 2.50. The molecule has 38 heavy (non-hydrogen) atoms. The van der Waals surface area contributed by atoms with Gasteiger partial charge in [-0.25, -0.2) is 13.5 Å². The number of nitrogens with zero attached hydrogens (tertiary/aromatic N) is 4. The van der Waals surface area contributed by atoms with Gasteiger partial charge in [0.05, 0.1) is 24.5 Å². The summed E-state index contributed by atoms with van der Waals surface area (Å²) in [6.07, 6.45) is 5.91. The number of carbonyl (C=O) groups is 1. The zero-order valence-corrected chi connectivity index (χ0v) is 20.7. The first-order chi connectivity index (χ1) is 18.4. The number of aromatic nitrogens is 4. The second-order valence-corrected chi connectivity index (χ2v) is 8.60. The van der Waals surface area contributed by atoms with Crippen molar-refractivity contribution in [3.8, 4) is 17.2 Å². The van der Waals surface area contributed by atoms with Gasteiger partial charge >= 0.3 is 0 Å². The summed E-state index contributed by atoms with van der Waals surface area (Å²) >= 11 is 6.08. The van der Waals surface area contributed by atoms with Crippen LogP contribution >= 0.6 is 11.6 Å². The van der Waals surface area contributed by atoms with Gasteiger partial charge < -0.3 is 9.47 Å². The fourth-order valence-corrected chi connectivity index (χ4v) is 3.94. The first-order valence-corrected chi connectivity index (χ1v) is 11.7. The number of ketones is 1. The monoisotopic (exact) mass is 532 g/mol. The van der Waals surface area contributed by atoms with Crippen molar-refractivity contribution in [1.82, 2.24) is 20.0 Å². The van der Waals surface area contributed by atoms with Gasteiger partial charge in [0.25, 0.3) is 0 Å². The Balaban J connectivity index is 1.29. The van der Waals surface area contributed by atoms with Gasteiger partial charge in [-0.05, 0) is 66.7 Å².